The molecule has 1 aliphatic rings. The Balaban J connectivity index is 1.81. The van der Waals surface area contributed by atoms with Crippen molar-refractivity contribution in [1.82, 2.24) is 0 Å². The van der Waals surface area contributed by atoms with E-state index in [1.807, 2.05) is 89.8 Å². The SMILES string of the molecule is O=C1CC(=Nc2ccc(Cl)cc2)C(c2ccccc2)N1c1ccccc1. The molecule has 1 atom stereocenters. The van der Waals surface area contributed by atoms with E-state index >= 15 is 0 Å². The molecule has 0 aromatic heterocycles. The number of para-hydroxylation sites is 1. The molecule has 128 valence electrons. The molecule has 1 amide bonds. The number of carbonyl (C=O) groups excluding carboxylic acids is 1. The first kappa shape index (κ1) is 16.6. The van der Waals surface area contributed by atoms with Gasteiger partial charge in [0.15, 0.2) is 0 Å². The maximum atomic E-state index is 12.8. The zero-order chi connectivity index (χ0) is 17.9. The van der Waals surface area contributed by atoms with E-state index in [9.17, 15) is 4.79 Å². The third-order valence-electron chi connectivity index (χ3n) is 4.42. The second kappa shape index (κ2) is 7.14. The van der Waals surface area contributed by atoms with Crippen LogP contribution in [0.5, 0.6) is 0 Å². The summed E-state index contributed by atoms with van der Waals surface area (Å²) in [6.07, 6.45) is 0.303. The second-order valence-electron chi connectivity index (χ2n) is 6.17. The smallest absolute Gasteiger partial charge is 0.233 e. The quantitative estimate of drug-likeness (QED) is 0.599. The van der Waals surface area contributed by atoms with E-state index in [0.717, 1.165) is 22.6 Å². The second-order valence-corrected chi connectivity index (χ2v) is 6.61. The molecule has 4 heteroatoms. The number of hydrogen-bond acceptors (Lipinski definition) is 2. The molecule has 0 spiro atoms. The molecular weight excluding hydrogens is 344 g/mol. The van der Waals surface area contributed by atoms with Crippen LogP contribution >= 0.6 is 11.6 Å². The molecular formula is C22H17ClN2O. The first-order valence-electron chi connectivity index (χ1n) is 8.47. The predicted octanol–water partition coefficient (Wildman–Crippen LogP) is 5.59. The molecule has 4 rings (SSSR count). The van der Waals surface area contributed by atoms with E-state index in [-0.39, 0.29) is 11.9 Å². The largest absolute Gasteiger partial charge is 0.299 e. The normalized spacial score (nSPS) is 18.5. The lowest BCUT2D eigenvalue weighted by Gasteiger charge is -2.25. The van der Waals surface area contributed by atoms with Crippen LogP contribution in [0, 0.1) is 0 Å². The molecule has 3 aromatic carbocycles. The topological polar surface area (TPSA) is 32.7 Å². The monoisotopic (exact) mass is 360 g/mol. The molecule has 0 aliphatic carbocycles. The van der Waals surface area contributed by atoms with Crippen molar-refractivity contribution in [1.29, 1.82) is 0 Å². The zero-order valence-corrected chi connectivity index (χ0v) is 14.8. The van der Waals surface area contributed by atoms with Crippen molar-refractivity contribution < 1.29 is 4.79 Å². The lowest BCUT2D eigenvalue weighted by Crippen LogP contribution is -2.28. The van der Waals surface area contributed by atoms with Crippen molar-refractivity contribution in [2.45, 2.75) is 12.5 Å². The maximum absolute atomic E-state index is 12.8. The Kier molecular flexibility index (Phi) is 4.55. The fourth-order valence-corrected chi connectivity index (χ4v) is 3.40. The molecule has 3 nitrogen and oxygen atoms in total. The van der Waals surface area contributed by atoms with Crippen molar-refractivity contribution in [2.24, 2.45) is 4.99 Å². The lowest BCUT2D eigenvalue weighted by atomic mass is 10.0. The number of amides is 1. The van der Waals surface area contributed by atoms with Gasteiger partial charge < -0.3 is 0 Å². The van der Waals surface area contributed by atoms with Crippen LogP contribution in [-0.2, 0) is 4.79 Å². The Labute approximate surface area is 157 Å². The lowest BCUT2D eigenvalue weighted by molar-refractivity contribution is -0.116. The minimum atomic E-state index is -0.207. The summed E-state index contributed by atoms with van der Waals surface area (Å²) >= 11 is 5.97. The van der Waals surface area contributed by atoms with E-state index in [4.69, 9.17) is 16.6 Å². The standard InChI is InChI=1S/C22H17ClN2O/c23-17-11-13-18(14-12-17)24-20-15-21(26)25(19-9-5-2-6-10-19)22(20)16-7-3-1-4-8-16/h1-14,22H,15H2. The van der Waals surface area contributed by atoms with Crippen LogP contribution in [0.2, 0.25) is 5.02 Å². The third-order valence-corrected chi connectivity index (χ3v) is 4.68. The molecule has 0 saturated carbocycles. The maximum Gasteiger partial charge on any atom is 0.233 e. The zero-order valence-electron chi connectivity index (χ0n) is 14.0. The van der Waals surface area contributed by atoms with Crippen LogP contribution in [0.1, 0.15) is 18.0 Å². The van der Waals surface area contributed by atoms with Crippen molar-refractivity contribution >= 4 is 34.6 Å². The molecule has 1 unspecified atom stereocenters. The molecule has 0 bridgehead atoms. The van der Waals surface area contributed by atoms with Gasteiger partial charge in [-0.25, -0.2) is 0 Å². The highest BCUT2D eigenvalue weighted by Gasteiger charge is 2.38. The number of benzene rings is 3. The highest BCUT2D eigenvalue weighted by Crippen LogP contribution is 2.36. The summed E-state index contributed by atoms with van der Waals surface area (Å²) in [7, 11) is 0. The van der Waals surface area contributed by atoms with Crippen LogP contribution in [0.25, 0.3) is 0 Å². The van der Waals surface area contributed by atoms with Gasteiger partial charge in [-0.05, 0) is 42.0 Å². The average Bonchev–Trinajstić information content (AvgIpc) is 3.01. The summed E-state index contributed by atoms with van der Waals surface area (Å²) < 4.78 is 0. The first-order chi connectivity index (χ1) is 12.7. The highest BCUT2D eigenvalue weighted by atomic mass is 35.5. The summed E-state index contributed by atoms with van der Waals surface area (Å²) in [5, 5.41) is 0.668. The average molecular weight is 361 g/mol. The van der Waals surface area contributed by atoms with Gasteiger partial charge in [-0.2, -0.15) is 0 Å². The molecule has 1 aliphatic heterocycles. The number of halogens is 1. The Morgan fingerprint density at radius 1 is 0.846 bits per heavy atom. The predicted molar refractivity (Wildman–Crippen MR) is 106 cm³/mol. The van der Waals surface area contributed by atoms with Gasteiger partial charge in [0.1, 0.15) is 6.04 Å². The molecule has 0 radical (unpaired) electrons. The van der Waals surface area contributed by atoms with Crippen LogP contribution in [0.3, 0.4) is 0 Å². The number of nitrogens with zero attached hydrogens (tertiary/aromatic N) is 2. The number of carbonyl (C=O) groups is 1. The minimum absolute atomic E-state index is 0.0535. The first-order valence-corrected chi connectivity index (χ1v) is 8.85. The fourth-order valence-electron chi connectivity index (χ4n) is 3.27. The van der Waals surface area contributed by atoms with Crippen LogP contribution < -0.4 is 4.90 Å². The van der Waals surface area contributed by atoms with Gasteiger partial charge >= 0.3 is 0 Å². The molecule has 26 heavy (non-hydrogen) atoms. The Bertz CT molecular complexity index is 937. The number of hydrogen-bond donors (Lipinski definition) is 0. The summed E-state index contributed by atoms with van der Waals surface area (Å²) in [6.45, 7) is 0. The van der Waals surface area contributed by atoms with Crippen LogP contribution in [-0.4, -0.2) is 11.6 Å². The van der Waals surface area contributed by atoms with Gasteiger partial charge in [0, 0.05) is 10.7 Å². The Hall–Kier alpha value is -2.91. The summed E-state index contributed by atoms with van der Waals surface area (Å²) in [5.41, 5.74) is 3.57. The van der Waals surface area contributed by atoms with Crippen LogP contribution in [0.15, 0.2) is 89.9 Å². The van der Waals surface area contributed by atoms with Crippen molar-refractivity contribution in [3.05, 3.63) is 95.5 Å². The van der Waals surface area contributed by atoms with E-state index in [2.05, 4.69) is 0 Å². The molecule has 1 saturated heterocycles. The van der Waals surface area contributed by atoms with E-state index in [1.54, 1.807) is 0 Å². The molecule has 0 N–H and O–H groups in total. The number of anilines is 1. The summed E-state index contributed by atoms with van der Waals surface area (Å²) in [6, 6.07) is 26.9. The Morgan fingerprint density at radius 2 is 1.46 bits per heavy atom. The van der Waals surface area contributed by atoms with E-state index < -0.39 is 0 Å². The van der Waals surface area contributed by atoms with Gasteiger partial charge in [0.2, 0.25) is 5.91 Å². The Morgan fingerprint density at radius 3 is 2.12 bits per heavy atom. The fraction of sp³-hybridized carbons (Fsp3) is 0.0909. The van der Waals surface area contributed by atoms with Crippen LogP contribution in [0.4, 0.5) is 11.4 Å². The highest BCUT2D eigenvalue weighted by molar-refractivity contribution is 6.30. The third kappa shape index (κ3) is 3.26. The molecule has 1 heterocycles. The van der Waals surface area contributed by atoms with E-state index in [1.165, 1.54) is 0 Å². The van der Waals surface area contributed by atoms with Gasteiger partial charge in [0.05, 0.1) is 17.8 Å². The van der Waals surface area contributed by atoms with Gasteiger partial charge in [-0.15, -0.1) is 0 Å². The molecule has 3 aromatic rings. The van der Waals surface area contributed by atoms with Gasteiger partial charge in [-0.3, -0.25) is 14.7 Å². The van der Waals surface area contributed by atoms with Crippen molar-refractivity contribution in [2.75, 3.05) is 4.90 Å². The minimum Gasteiger partial charge on any atom is -0.299 e. The van der Waals surface area contributed by atoms with E-state index in [0.29, 0.717) is 11.4 Å². The van der Waals surface area contributed by atoms with Crippen molar-refractivity contribution in [3.63, 3.8) is 0 Å². The van der Waals surface area contributed by atoms with Crippen molar-refractivity contribution in [3.8, 4) is 0 Å². The number of aliphatic imine (C=N–C) groups is 1. The summed E-state index contributed by atoms with van der Waals surface area (Å²) in [5.74, 6) is 0.0535. The number of rotatable bonds is 3. The van der Waals surface area contributed by atoms with Gasteiger partial charge in [0.25, 0.3) is 0 Å². The summed E-state index contributed by atoms with van der Waals surface area (Å²) in [4.78, 5) is 19.5. The molecule has 1 fully saturated rings. The van der Waals surface area contributed by atoms with Gasteiger partial charge in [-0.1, -0.05) is 60.1 Å².